The predicted octanol–water partition coefficient (Wildman–Crippen LogP) is 2.35. The lowest BCUT2D eigenvalue weighted by Crippen LogP contribution is -2.00. The highest BCUT2D eigenvalue weighted by Crippen LogP contribution is 2.32. The summed E-state index contributed by atoms with van der Waals surface area (Å²) in [4.78, 5) is 24.9. The van der Waals surface area contributed by atoms with E-state index >= 15 is 0 Å². The Hall–Kier alpha value is -3.47. The van der Waals surface area contributed by atoms with Crippen LogP contribution in [0.4, 0.5) is 5.69 Å². The number of hydrogen-bond donors (Lipinski definition) is 1. The van der Waals surface area contributed by atoms with Crippen molar-refractivity contribution in [1.29, 1.82) is 5.26 Å². The number of aromatic carboxylic acids is 1. The van der Waals surface area contributed by atoms with Crippen LogP contribution in [0.15, 0.2) is 36.5 Å². The van der Waals surface area contributed by atoms with Gasteiger partial charge in [-0.2, -0.15) is 5.26 Å². The average Bonchev–Trinajstić information content (AvgIpc) is 2.47. The molecule has 0 aliphatic carbocycles. The van der Waals surface area contributed by atoms with Gasteiger partial charge in [0.2, 0.25) is 5.75 Å². The molecule has 0 fully saturated rings. The number of aromatic nitrogens is 1. The second kappa shape index (κ2) is 5.66. The molecule has 1 N–H and O–H groups in total. The van der Waals surface area contributed by atoms with Gasteiger partial charge in [-0.05, 0) is 12.1 Å². The molecule has 0 amide bonds. The first-order valence-corrected chi connectivity index (χ1v) is 5.57. The molecule has 8 nitrogen and oxygen atoms in total. The quantitative estimate of drug-likeness (QED) is 0.674. The Morgan fingerprint density at radius 1 is 1.38 bits per heavy atom. The first-order valence-electron chi connectivity index (χ1n) is 5.57. The number of carboxylic acid groups (broad SMARTS) is 1. The summed E-state index contributed by atoms with van der Waals surface area (Å²) in [6, 6.07) is 7.70. The fraction of sp³-hybridized carbons (Fsp3) is 0. The van der Waals surface area contributed by atoms with Crippen LogP contribution in [-0.4, -0.2) is 21.0 Å². The van der Waals surface area contributed by atoms with Gasteiger partial charge >= 0.3 is 11.7 Å². The first-order chi connectivity index (χ1) is 10.0. The Kier molecular flexibility index (Phi) is 3.76. The standard InChI is InChI=1S/C13H7N3O5/c14-7-9-6-10(3-4-15-9)21-12-5-8(13(17)18)1-2-11(12)16(19)20/h1-6H,(H,17,18). The van der Waals surface area contributed by atoms with Crippen LogP contribution in [0.3, 0.4) is 0 Å². The zero-order valence-corrected chi connectivity index (χ0v) is 10.4. The van der Waals surface area contributed by atoms with Gasteiger partial charge in [-0.1, -0.05) is 0 Å². The minimum Gasteiger partial charge on any atom is -0.478 e. The average molecular weight is 285 g/mol. The SMILES string of the molecule is N#Cc1cc(Oc2cc(C(=O)O)ccc2[N+](=O)[O-])ccn1. The monoisotopic (exact) mass is 285 g/mol. The first kappa shape index (κ1) is 14.0. The van der Waals surface area contributed by atoms with E-state index in [9.17, 15) is 14.9 Å². The van der Waals surface area contributed by atoms with Gasteiger partial charge < -0.3 is 9.84 Å². The number of pyridine rings is 1. The van der Waals surface area contributed by atoms with E-state index in [0.717, 1.165) is 18.2 Å². The normalized spacial score (nSPS) is 9.67. The maximum Gasteiger partial charge on any atom is 0.335 e. The van der Waals surface area contributed by atoms with Crippen LogP contribution < -0.4 is 4.74 Å². The van der Waals surface area contributed by atoms with E-state index in [-0.39, 0.29) is 28.4 Å². The lowest BCUT2D eigenvalue weighted by Gasteiger charge is -2.07. The van der Waals surface area contributed by atoms with Crippen molar-refractivity contribution < 1.29 is 19.6 Å². The fourth-order valence-corrected chi connectivity index (χ4v) is 1.54. The van der Waals surface area contributed by atoms with Gasteiger partial charge in [0.25, 0.3) is 0 Å². The number of rotatable bonds is 4. The molecule has 0 saturated carbocycles. The van der Waals surface area contributed by atoms with Gasteiger partial charge in [-0.25, -0.2) is 9.78 Å². The smallest absolute Gasteiger partial charge is 0.335 e. The Morgan fingerprint density at radius 2 is 2.14 bits per heavy atom. The zero-order valence-electron chi connectivity index (χ0n) is 10.4. The van der Waals surface area contributed by atoms with Gasteiger partial charge in [0.15, 0.2) is 0 Å². The lowest BCUT2D eigenvalue weighted by molar-refractivity contribution is -0.385. The van der Waals surface area contributed by atoms with Crippen molar-refractivity contribution in [3.8, 4) is 17.6 Å². The second-order valence-electron chi connectivity index (χ2n) is 3.84. The number of nitrogens with zero attached hydrogens (tertiary/aromatic N) is 3. The van der Waals surface area contributed by atoms with Gasteiger partial charge in [-0.15, -0.1) is 0 Å². The number of carbonyl (C=O) groups is 1. The van der Waals surface area contributed by atoms with E-state index in [1.165, 1.54) is 18.3 Å². The number of nitriles is 1. The molecule has 0 bridgehead atoms. The third-order valence-electron chi connectivity index (χ3n) is 2.48. The number of nitro benzene ring substituents is 1. The Bertz CT molecular complexity index is 767. The van der Waals surface area contributed by atoms with Crippen LogP contribution in [0.5, 0.6) is 11.5 Å². The van der Waals surface area contributed by atoms with Crippen molar-refractivity contribution in [3.05, 3.63) is 57.9 Å². The molecule has 0 spiro atoms. The molecule has 1 aromatic carbocycles. The van der Waals surface area contributed by atoms with E-state index in [2.05, 4.69) is 4.98 Å². The van der Waals surface area contributed by atoms with Gasteiger partial charge in [0, 0.05) is 24.4 Å². The van der Waals surface area contributed by atoms with Crippen molar-refractivity contribution in [2.24, 2.45) is 0 Å². The van der Waals surface area contributed by atoms with E-state index < -0.39 is 10.9 Å². The van der Waals surface area contributed by atoms with E-state index in [1.54, 1.807) is 6.07 Å². The summed E-state index contributed by atoms with van der Waals surface area (Å²) < 4.78 is 5.31. The van der Waals surface area contributed by atoms with Crippen molar-refractivity contribution in [1.82, 2.24) is 4.98 Å². The highest BCUT2D eigenvalue weighted by molar-refractivity contribution is 5.88. The topological polar surface area (TPSA) is 126 Å². The molecular formula is C13H7N3O5. The summed E-state index contributed by atoms with van der Waals surface area (Å²) in [5, 5.41) is 28.6. The molecule has 0 radical (unpaired) electrons. The Balaban J connectivity index is 2.45. The van der Waals surface area contributed by atoms with Crippen molar-refractivity contribution >= 4 is 11.7 Å². The van der Waals surface area contributed by atoms with Crippen molar-refractivity contribution in [2.75, 3.05) is 0 Å². The summed E-state index contributed by atoms with van der Waals surface area (Å²) in [5.41, 5.74) is -0.454. The second-order valence-corrected chi connectivity index (χ2v) is 3.84. The molecule has 104 valence electrons. The molecule has 21 heavy (non-hydrogen) atoms. The molecule has 2 rings (SSSR count). The predicted molar refractivity (Wildman–Crippen MR) is 69.1 cm³/mol. The fourth-order valence-electron chi connectivity index (χ4n) is 1.54. The summed E-state index contributed by atoms with van der Waals surface area (Å²) in [5.74, 6) is -1.32. The minimum atomic E-state index is -1.23. The van der Waals surface area contributed by atoms with Crippen LogP contribution in [-0.2, 0) is 0 Å². The molecule has 0 atom stereocenters. The minimum absolute atomic E-state index is 0.0737. The summed E-state index contributed by atoms with van der Waals surface area (Å²) in [7, 11) is 0. The van der Waals surface area contributed by atoms with Crippen LogP contribution in [0.2, 0.25) is 0 Å². The van der Waals surface area contributed by atoms with E-state index in [4.69, 9.17) is 15.1 Å². The molecule has 0 unspecified atom stereocenters. The molecular weight excluding hydrogens is 278 g/mol. The summed E-state index contributed by atoms with van der Waals surface area (Å²) >= 11 is 0. The highest BCUT2D eigenvalue weighted by atomic mass is 16.6. The highest BCUT2D eigenvalue weighted by Gasteiger charge is 2.18. The summed E-state index contributed by atoms with van der Waals surface area (Å²) in [6.45, 7) is 0. The maximum absolute atomic E-state index is 10.9. The third-order valence-corrected chi connectivity index (χ3v) is 2.48. The summed E-state index contributed by atoms with van der Waals surface area (Å²) in [6.07, 6.45) is 1.31. The van der Waals surface area contributed by atoms with E-state index in [1.807, 2.05) is 0 Å². The molecule has 1 aromatic heterocycles. The number of benzene rings is 1. The number of ether oxygens (including phenoxy) is 1. The van der Waals surface area contributed by atoms with Crippen LogP contribution in [0, 0.1) is 21.4 Å². The molecule has 1 heterocycles. The van der Waals surface area contributed by atoms with Gasteiger partial charge in [-0.3, -0.25) is 10.1 Å². The van der Waals surface area contributed by atoms with Crippen molar-refractivity contribution in [3.63, 3.8) is 0 Å². The number of hydrogen-bond acceptors (Lipinski definition) is 6. The van der Waals surface area contributed by atoms with Crippen LogP contribution in [0.1, 0.15) is 16.1 Å². The lowest BCUT2D eigenvalue weighted by atomic mass is 10.2. The van der Waals surface area contributed by atoms with Gasteiger partial charge in [0.05, 0.1) is 10.5 Å². The Labute approximate surface area is 118 Å². The van der Waals surface area contributed by atoms with Crippen LogP contribution >= 0.6 is 0 Å². The Morgan fingerprint density at radius 3 is 2.76 bits per heavy atom. The molecule has 0 aliphatic rings. The third kappa shape index (κ3) is 3.10. The maximum atomic E-state index is 10.9. The van der Waals surface area contributed by atoms with Gasteiger partial charge in [0.1, 0.15) is 17.5 Å². The van der Waals surface area contributed by atoms with E-state index in [0.29, 0.717) is 0 Å². The molecule has 8 heteroatoms. The zero-order chi connectivity index (χ0) is 15.4. The van der Waals surface area contributed by atoms with Crippen molar-refractivity contribution in [2.45, 2.75) is 0 Å². The molecule has 2 aromatic rings. The van der Waals surface area contributed by atoms with Crippen LogP contribution in [0.25, 0.3) is 0 Å². The number of carboxylic acids is 1. The molecule has 0 aliphatic heterocycles. The number of nitro groups is 1. The largest absolute Gasteiger partial charge is 0.478 e. The molecule has 0 saturated heterocycles.